The molecule has 2 heteroatoms. The van der Waals surface area contributed by atoms with Crippen LogP contribution in [-0.2, 0) is 4.74 Å². The molecule has 0 bridgehead atoms. The van der Waals surface area contributed by atoms with E-state index in [2.05, 4.69) is 57.4 Å². The van der Waals surface area contributed by atoms with Crippen LogP contribution in [-0.4, -0.2) is 17.5 Å². The molecule has 0 saturated heterocycles. The Morgan fingerprint density at radius 3 is 2.33 bits per heavy atom. The van der Waals surface area contributed by atoms with Crippen molar-refractivity contribution in [1.29, 1.82) is 0 Å². The van der Waals surface area contributed by atoms with Crippen LogP contribution >= 0.6 is 15.9 Å². The van der Waals surface area contributed by atoms with E-state index < -0.39 is 0 Å². The Bertz CT molecular complexity index is 398. The summed E-state index contributed by atoms with van der Waals surface area (Å²) >= 11 is 3.32. The fraction of sp³-hybridized carbons (Fsp3) is 0.385. The first-order valence-electron chi connectivity index (χ1n) is 4.38. The molecule has 0 heterocycles. The molecular weight excluding hydrogens is 252 g/mol. The summed E-state index contributed by atoms with van der Waals surface area (Å²) in [5.41, 5.74) is 0. The van der Waals surface area contributed by atoms with E-state index in [0.717, 1.165) is 5.33 Å². The summed E-state index contributed by atoms with van der Waals surface area (Å²) in [7, 11) is 0. The highest BCUT2D eigenvalue weighted by Gasteiger charge is 2.02. The van der Waals surface area contributed by atoms with Crippen molar-refractivity contribution in [3.8, 4) is 47.9 Å². The summed E-state index contributed by atoms with van der Waals surface area (Å²) in [6.45, 7) is 3.85. The van der Waals surface area contributed by atoms with E-state index in [0.29, 0.717) is 0 Å². The standard InChI is InChI=1S/C13H11BrO/c1-4-5-6-7-8-9-10-12(2)15-13(3)11-14/h1,12-13H,11H2,2-3H3. The van der Waals surface area contributed by atoms with Gasteiger partial charge in [-0.25, -0.2) is 0 Å². The predicted molar refractivity (Wildman–Crippen MR) is 66.0 cm³/mol. The second-order valence-corrected chi connectivity index (χ2v) is 3.30. The molecule has 15 heavy (non-hydrogen) atoms. The molecule has 0 aromatic rings. The van der Waals surface area contributed by atoms with Crippen molar-refractivity contribution >= 4 is 15.9 Å². The molecule has 0 fully saturated rings. The summed E-state index contributed by atoms with van der Waals surface area (Å²) in [6.07, 6.45) is 4.92. The van der Waals surface area contributed by atoms with Crippen LogP contribution in [0.2, 0.25) is 0 Å². The lowest BCUT2D eigenvalue weighted by Crippen LogP contribution is -2.16. The van der Waals surface area contributed by atoms with E-state index in [1.807, 2.05) is 13.8 Å². The van der Waals surface area contributed by atoms with Gasteiger partial charge >= 0.3 is 0 Å². The first-order valence-corrected chi connectivity index (χ1v) is 5.50. The molecule has 0 aliphatic carbocycles. The molecule has 0 spiro atoms. The number of hydrogen-bond acceptors (Lipinski definition) is 1. The van der Waals surface area contributed by atoms with Crippen molar-refractivity contribution < 1.29 is 4.74 Å². The Balaban J connectivity index is 4.05. The molecule has 0 rings (SSSR count). The number of rotatable bonds is 3. The van der Waals surface area contributed by atoms with Gasteiger partial charge in [0.1, 0.15) is 6.10 Å². The predicted octanol–water partition coefficient (Wildman–Crippen LogP) is 1.82. The number of halogens is 1. The zero-order valence-electron chi connectivity index (χ0n) is 8.73. The zero-order valence-corrected chi connectivity index (χ0v) is 10.3. The fourth-order valence-corrected chi connectivity index (χ4v) is 0.839. The van der Waals surface area contributed by atoms with Gasteiger partial charge in [-0.15, -0.1) is 6.42 Å². The summed E-state index contributed by atoms with van der Waals surface area (Å²) in [5, 5.41) is 0.790. The van der Waals surface area contributed by atoms with Gasteiger partial charge in [-0.2, -0.15) is 0 Å². The van der Waals surface area contributed by atoms with Crippen molar-refractivity contribution in [1.82, 2.24) is 0 Å². The van der Waals surface area contributed by atoms with E-state index in [1.165, 1.54) is 0 Å². The normalized spacial score (nSPS) is 11.3. The minimum Gasteiger partial charge on any atom is -0.362 e. The Labute approximate surface area is 100 Å². The van der Waals surface area contributed by atoms with Crippen LogP contribution in [0.5, 0.6) is 0 Å². The van der Waals surface area contributed by atoms with Crippen molar-refractivity contribution in [2.75, 3.05) is 5.33 Å². The summed E-state index contributed by atoms with van der Waals surface area (Å²) in [6, 6.07) is 0. The van der Waals surface area contributed by atoms with Crippen LogP contribution in [0.3, 0.4) is 0 Å². The highest BCUT2D eigenvalue weighted by atomic mass is 79.9. The molecule has 0 aromatic carbocycles. The first kappa shape index (κ1) is 13.7. The topological polar surface area (TPSA) is 9.23 Å². The largest absolute Gasteiger partial charge is 0.362 e. The van der Waals surface area contributed by atoms with Crippen molar-refractivity contribution in [3.63, 3.8) is 0 Å². The number of alkyl halides is 1. The summed E-state index contributed by atoms with van der Waals surface area (Å²) < 4.78 is 5.47. The van der Waals surface area contributed by atoms with Crippen LogP contribution in [0, 0.1) is 47.9 Å². The minimum atomic E-state index is -0.132. The van der Waals surface area contributed by atoms with Gasteiger partial charge in [0.25, 0.3) is 0 Å². The highest BCUT2D eigenvalue weighted by Crippen LogP contribution is 1.99. The summed E-state index contributed by atoms with van der Waals surface area (Å²) in [4.78, 5) is 0. The van der Waals surface area contributed by atoms with Crippen LogP contribution in [0.1, 0.15) is 13.8 Å². The third-order valence-electron chi connectivity index (χ3n) is 1.25. The maximum Gasteiger partial charge on any atom is 0.116 e. The van der Waals surface area contributed by atoms with Gasteiger partial charge in [-0.3, -0.25) is 0 Å². The summed E-state index contributed by atoms with van der Waals surface area (Å²) in [5.74, 6) is 17.6. The molecule has 1 nitrogen and oxygen atoms in total. The minimum absolute atomic E-state index is 0.132. The lowest BCUT2D eigenvalue weighted by molar-refractivity contribution is 0.0550. The average molecular weight is 263 g/mol. The zero-order chi connectivity index (χ0) is 11.5. The lowest BCUT2D eigenvalue weighted by Gasteiger charge is -2.11. The van der Waals surface area contributed by atoms with Crippen molar-refractivity contribution in [2.45, 2.75) is 26.1 Å². The van der Waals surface area contributed by atoms with Gasteiger partial charge in [0.2, 0.25) is 0 Å². The molecule has 2 atom stereocenters. The lowest BCUT2D eigenvalue weighted by atomic mass is 10.3. The molecule has 2 unspecified atom stereocenters. The van der Waals surface area contributed by atoms with Crippen LogP contribution < -0.4 is 0 Å². The van der Waals surface area contributed by atoms with Crippen molar-refractivity contribution in [2.24, 2.45) is 0 Å². The van der Waals surface area contributed by atoms with E-state index in [1.54, 1.807) is 0 Å². The van der Waals surface area contributed by atoms with Gasteiger partial charge in [0.15, 0.2) is 0 Å². The molecule has 76 valence electrons. The molecule has 0 saturated carbocycles. The highest BCUT2D eigenvalue weighted by molar-refractivity contribution is 9.09. The smallest absolute Gasteiger partial charge is 0.116 e. The first-order chi connectivity index (χ1) is 7.20. The fourth-order valence-electron chi connectivity index (χ4n) is 0.686. The van der Waals surface area contributed by atoms with Gasteiger partial charge in [0.05, 0.1) is 6.10 Å². The molecule has 0 radical (unpaired) electrons. The van der Waals surface area contributed by atoms with Crippen LogP contribution in [0.15, 0.2) is 0 Å². The van der Waals surface area contributed by atoms with Crippen LogP contribution in [0.4, 0.5) is 0 Å². The monoisotopic (exact) mass is 262 g/mol. The van der Waals surface area contributed by atoms with Gasteiger partial charge in [-0.05, 0) is 49.4 Å². The Morgan fingerprint density at radius 2 is 1.73 bits per heavy atom. The van der Waals surface area contributed by atoms with E-state index in [-0.39, 0.29) is 12.2 Å². The van der Waals surface area contributed by atoms with Gasteiger partial charge < -0.3 is 4.74 Å². The molecule has 0 N–H and O–H groups in total. The Morgan fingerprint density at radius 1 is 1.13 bits per heavy atom. The second-order valence-electron chi connectivity index (χ2n) is 2.66. The Hall–Kier alpha value is -1.32. The molecule has 0 aliphatic heterocycles. The maximum atomic E-state index is 5.47. The van der Waals surface area contributed by atoms with Crippen LogP contribution in [0.25, 0.3) is 0 Å². The maximum absolute atomic E-state index is 5.47. The quantitative estimate of drug-likeness (QED) is 0.557. The average Bonchev–Trinajstić information content (AvgIpc) is 2.23. The SMILES string of the molecule is C#CC#CC#CC#CC(C)OC(C)CBr. The third kappa shape index (κ3) is 9.00. The van der Waals surface area contributed by atoms with E-state index in [4.69, 9.17) is 11.2 Å². The third-order valence-corrected chi connectivity index (χ3v) is 2.16. The molecular formula is C13H11BrO. The molecule has 0 amide bonds. The molecule has 0 aromatic heterocycles. The van der Waals surface area contributed by atoms with Gasteiger partial charge in [0, 0.05) is 5.33 Å². The molecule has 0 aliphatic rings. The Kier molecular flexibility index (Phi) is 8.43. The van der Waals surface area contributed by atoms with E-state index >= 15 is 0 Å². The van der Waals surface area contributed by atoms with E-state index in [9.17, 15) is 0 Å². The second kappa shape index (κ2) is 9.24. The number of ether oxygens (including phenoxy) is 1. The number of hydrogen-bond donors (Lipinski definition) is 0. The number of terminal acetylenes is 1. The van der Waals surface area contributed by atoms with Crippen molar-refractivity contribution in [3.05, 3.63) is 0 Å². The van der Waals surface area contributed by atoms with Gasteiger partial charge in [-0.1, -0.05) is 21.9 Å².